The van der Waals surface area contributed by atoms with Crippen LogP contribution in [0.5, 0.6) is 0 Å². The third-order valence-electron chi connectivity index (χ3n) is 3.32. The van der Waals surface area contributed by atoms with Gasteiger partial charge in [-0.05, 0) is 42.9 Å². The first-order valence-electron chi connectivity index (χ1n) is 6.63. The predicted molar refractivity (Wildman–Crippen MR) is 86.1 cm³/mol. The standard InChI is InChI=1S/C14H18ClN3OS/c1-11(19)17-7-2-8-18(10-9-17)14(20)16-13-5-3-12(15)4-6-13/h3-6H,2,7-10H2,1H3,(H,16,20). The molecule has 20 heavy (non-hydrogen) atoms. The van der Waals surface area contributed by atoms with Gasteiger partial charge in [0.2, 0.25) is 5.91 Å². The fourth-order valence-electron chi connectivity index (χ4n) is 2.17. The molecule has 1 fully saturated rings. The minimum atomic E-state index is 0.128. The average Bonchev–Trinajstić information content (AvgIpc) is 2.67. The zero-order valence-corrected chi connectivity index (χ0v) is 13.0. The van der Waals surface area contributed by atoms with Crippen LogP contribution >= 0.6 is 23.8 Å². The van der Waals surface area contributed by atoms with E-state index < -0.39 is 0 Å². The van der Waals surface area contributed by atoms with Crippen molar-refractivity contribution in [1.29, 1.82) is 0 Å². The number of amides is 1. The molecule has 1 heterocycles. The fourth-order valence-corrected chi connectivity index (χ4v) is 2.60. The van der Waals surface area contributed by atoms with Crippen LogP contribution in [0.1, 0.15) is 13.3 Å². The number of carbonyl (C=O) groups excluding carboxylic acids is 1. The van der Waals surface area contributed by atoms with E-state index in [4.69, 9.17) is 23.8 Å². The maximum absolute atomic E-state index is 11.4. The molecule has 1 aliphatic rings. The van der Waals surface area contributed by atoms with Crippen LogP contribution in [0.2, 0.25) is 5.02 Å². The summed E-state index contributed by atoms with van der Waals surface area (Å²) in [4.78, 5) is 15.4. The molecular formula is C14H18ClN3OS. The van der Waals surface area contributed by atoms with Gasteiger partial charge >= 0.3 is 0 Å². The van der Waals surface area contributed by atoms with Crippen LogP contribution in [0.25, 0.3) is 0 Å². The molecule has 0 saturated carbocycles. The largest absolute Gasteiger partial charge is 0.347 e. The lowest BCUT2D eigenvalue weighted by atomic mass is 10.3. The van der Waals surface area contributed by atoms with E-state index in [1.54, 1.807) is 6.92 Å². The second-order valence-corrected chi connectivity index (χ2v) is 5.61. The van der Waals surface area contributed by atoms with E-state index >= 15 is 0 Å². The number of hydrogen-bond donors (Lipinski definition) is 1. The van der Waals surface area contributed by atoms with Crippen molar-refractivity contribution in [3.8, 4) is 0 Å². The van der Waals surface area contributed by atoms with Crippen molar-refractivity contribution in [3.63, 3.8) is 0 Å². The first kappa shape index (κ1) is 15.1. The quantitative estimate of drug-likeness (QED) is 0.809. The van der Waals surface area contributed by atoms with Crippen LogP contribution in [0, 0.1) is 0 Å². The van der Waals surface area contributed by atoms with Crippen LogP contribution in [-0.2, 0) is 4.79 Å². The van der Waals surface area contributed by atoms with Crippen LogP contribution < -0.4 is 5.32 Å². The number of benzene rings is 1. The number of anilines is 1. The molecule has 1 amide bonds. The highest BCUT2D eigenvalue weighted by molar-refractivity contribution is 7.80. The van der Waals surface area contributed by atoms with Gasteiger partial charge in [-0.3, -0.25) is 4.79 Å². The summed E-state index contributed by atoms with van der Waals surface area (Å²) in [5.41, 5.74) is 0.923. The SMILES string of the molecule is CC(=O)N1CCCN(C(=S)Nc2ccc(Cl)cc2)CC1. The summed E-state index contributed by atoms with van der Waals surface area (Å²) in [7, 11) is 0. The van der Waals surface area contributed by atoms with E-state index in [1.165, 1.54) is 0 Å². The smallest absolute Gasteiger partial charge is 0.219 e. The maximum Gasteiger partial charge on any atom is 0.219 e. The number of nitrogens with zero attached hydrogens (tertiary/aromatic N) is 2. The van der Waals surface area contributed by atoms with Crippen LogP contribution in [-0.4, -0.2) is 47.0 Å². The second-order valence-electron chi connectivity index (χ2n) is 4.78. The molecule has 0 radical (unpaired) electrons. The topological polar surface area (TPSA) is 35.6 Å². The van der Waals surface area contributed by atoms with Crippen molar-refractivity contribution in [1.82, 2.24) is 9.80 Å². The van der Waals surface area contributed by atoms with Crippen molar-refractivity contribution in [2.45, 2.75) is 13.3 Å². The number of nitrogens with one attached hydrogen (secondary N) is 1. The summed E-state index contributed by atoms with van der Waals surface area (Å²) in [6, 6.07) is 7.45. The Bertz CT molecular complexity index is 492. The molecule has 1 aromatic carbocycles. The molecule has 0 aliphatic carbocycles. The Kier molecular flexibility index (Phi) is 5.20. The number of carbonyl (C=O) groups is 1. The third-order valence-corrected chi connectivity index (χ3v) is 3.94. The van der Waals surface area contributed by atoms with Crippen LogP contribution in [0.15, 0.2) is 24.3 Å². The van der Waals surface area contributed by atoms with Gasteiger partial charge in [0.15, 0.2) is 5.11 Å². The van der Waals surface area contributed by atoms with Gasteiger partial charge < -0.3 is 15.1 Å². The van der Waals surface area contributed by atoms with E-state index in [0.29, 0.717) is 10.1 Å². The molecule has 108 valence electrons. The zero-order chi connectivity index (χ0) is 14.5. The van der Waals surface area contributed by atoms with E-state index in [9.17, 15) is 4.79 Å². The van der Waals surface area contributed by atoms with E-state index in [1.807, 2.05) is 29.2 Å². The molecule has 6 heteroatoms. The Morgan fingerprint density at radius 1 is 1.15 bits per heavy atom. The van der Waals surface area contributed by atoms with Gasteiger partial charge in [0, 0.05) is 43.8 Å². The van der Waals surface area contributed by atoms with Gasteiger partial charge in [-0.15, -0.1) is 0 Å². The third kappa shape index (κ3) is 4.08. The van der Waals surface area contributed by atoms with Crippen molar-refractivity contribution in [2.75, 3.05) is 31.5 Å². The monoisotopic (exact) mass is 311 g/mol. The molecule has 1 aliphatic heterocycles. The Morgan fingerprint density at radius 3 is 2.40 bits per heavy atom. The van der Waals surface area contributed by atoms with E-state index in [-0.39, 0.29) is 5.91 Å². The van der Waals surface area contributed by atoms with Crippen molar-refractivity contribution < 1.29 is 4.79 Å². The number of rotatable bonds is 1. The summed E-state index contributed by atoms with van der Waals surface area (Å²) in [6.45, 7) is 4.76. The lowest BCUT2D eigenvalue weighted by Crippen LogP contribution is -2.38. The Balaban J connectivity index is 1.92. The summed E-state index contributed by atoms with van der Waals surface area (Å²) >= 11 is 11.3. The molecule has 2 rings (SSSR count). The predicted octanol–water partition coefficient (Wildman–Crippen LogP) is 2.59. The summed E-state index contributed by atoms with van der Waals surface area (Å²) in [5.74, 6) is 0.128. The van der Waals surface area contributed by atoms with Crippen molar-refractivity contribution >= 4 is 40.5 Å². The van der Waals surface area contributed by atoms with Gasteiger partial charge in [0.1, 0.15) is 0 Å². The molecule has 0 aromatic heterocycles. The maximum atomic E-state index is 11.4. The highest BCUT2D eigenvalue weighted by Crippen LogP contribution is 2.14. The Labute approximate surface area is 129 Å². The van der Waals surface area contributed by atoms with Gasteiger partial charge in [0.05, 0.1) is 0 Å². The summed E-state index contributed by atoms with van der Waals surface area (Å²) in [5, 5.41) is 4.60. The Hall–Kier alpha value is -1.33. The fraction of sp³-hybridized carbons (Fsp3) is 0.429. The zero-order valence-electron chi connectivity index (χ0n) is 11.4. The molecule has 4 nitrogen and oxygen atoms in total. The molecule has 1 saturated heterocycles. The lowest BCUT2D eigenvalue weighted by molar-refractivity contribution is -0.128. The minimum absolute atomic E-state index is 0.128. The molecule has 1 N–H and O–H groups in total. The highest BCUT2D eigenvalue weighted by atomic mass is 35.5. The average molecular weight is 312 g/mol. The van der Waals surface area contributed by atoms with E-state index in [2.05, 4.69) is 10.2 Å². The number of thiocarbonyl (C=S) groups is 1. The minimum Gasteiger partial charge on any atom is -0.347 e. The first-order chi connectivity index (χ1) is 9.56. The lowest BCUT2D eigenvalue weighted by Gasteiger charge is -2.24. The number of hydrogen-bond acceptors (Lipinski definition) is 2. The molecule has 0 atom stereocenters. The van der Waals surface area contributed by atoms with Crippen molar-refractivity contribution in [3.05, 3.63) is 29.3 Å². The molecular weight excluding hydrogens is 294 g/mol. The second kappa shape index (κ2) is 6.90. The molecule has 0 bridgehead atoms. The first-order valence-corrected chi connectivity index (χ1v) is 7.42. The number of halogens is 1. The van der Waals surface area contributed by atoms with Crippen molar-refractivity contribution in [2.24, 2.45) is 0 Å². The summed E-state index contributed by atoms with van der Waals surface area (Å²) in [6.07, 6.45) is 0.933. The van der Waals surface area contributed by atoms with E-state index in [0.717, 1.165) is 38.3 Å². The molecule has 0 unspecified atom stereocenters. The normalized spacial score (nSPS) is 15.7. The van der Waals surface area contributed by atoms with Gasteiger partial charge in [-0.25, -0.2) is 0 Å². The van der Waals surface area contributed by atoms with Crippen LogP contribution in [0.3, 0.4) is 0 Å². The molecule has 0 spiro atoms. The Morgan fingerprint density at radius 2 is 1.75 bits per heavy atom. The molecule has 1 aromatic rings. The van der Waals surface area contributed by atoms with Gasteiger partial charge in [0.25, 0.3) is 0 Å². The van der Waals surface area contributed by atoms with Crippen LogP contribution in [0.4, 0.5) is 5.69 Å². The van der Waals surface area contributed by atoms with Gasteiger partial charge in [-0.1, -0.05) is 11.6 Å². The van der Waals surface area contributed by atoms with Gasteiger partial charge in [-0.2, -0.15) is 0 Å². The summed E-state index contributed by atoms with van der Waals surface area (Å²) < 4.78 is 0. The highest BCUT2D eigenvalue weighted by Gasteiger charge is 2.18.